The zero-order chi connectivity index (χ0) is 14.0. The largest absolute Gasteiger partial charge is 0.399 e. The fourth-order valence-corrected chi connectivity index (χ4v) is 2.03. The lowest BCUT2D eigenvalue weighted by Crippen LogP contribution is -2.05. The van der Waals surface area contributed by atoms with Crippen molar-refractivity contribution < 1.29 is 4.79 Å². The Morgan fingerprint density at radius 1 is 1.05 bits per heavy atom. The Morgan fingerprint density at radius 3 is 2.26 bits per heavy atom. The molecule has 2 aromatic carbocycles. The normalized spacial score (nSPS) is 10.7. The van der Waals surface area contributed by atoms with Crippen LogP contribution in [0.1, 0.15) is 46.8 Å². The molecule has 0 amide bonds. The number of carbonyl (C=O) groups is 1. The van der Waals surface area contributed by atoms with Gasteiger partial charge in [0.15, 0.2) is 5.78 Å². The van der Waals surface area contributed by atoms with Gasteiger partial charge in [-0.05, 0) is 54.3 Å². The summed E-state index contributed by atoms with van der Waals surface area (Å²) in [4.78, 5) is 12.5. The predicted octanol–water partition coefficient (Wildman–Crippen LogP) is 3.93. The van der Waals surface area contributed by atoms with Crippen molar-refractivity contribution in [1.82, 2.24) is 0 Å². The minimum atomic E-state index is 0.0556. The van der Waals surface area contributed by atoms with Gasteiger partial charge in [-0.25, -0.2) is 0 Å². The second-order valence-corrected chi connectivity index (χ2v) is 5.18. The van der Waals surface area contributed by atoms with Gasteiger partial charge in [0, 0.05) is 16.8 Å². The first-order valence-electron chi connectivity index (χ1n) is 6.50. The number of carbonyl (C=O) groups excluding carboxylic acids is 1. The first kappa shape index (κ1) is 13.3. The molecule has 0 aliphatic heterocycles. The summed E-state index contributed by atoms with van der Waals surface area (Å²) in [6.45, 7) is 6.22. The Kier molecular flexibility index (Phi) is 3.70. The Bertz CT molecular complexity index is 597. The third-order valence-electron chi connectivity index (χ3n) is 3.35. The summed E-state index contributed by atoms with van der Waals surface area (Å²) < 4.78 is 0. The summed E-state index contributed by atoms with van der Waals surface area (Å²) in [5, 5.41) is 0. The van der Waals surface area contributed by atoms with Gasteiger partial charge in [0.1, 0.15) is 0 Å². The second-order valence-electron chi connectivity index (χ2n) is 5.18. The summed E-state index contributed by atoms with van der Waals surface area (Å²) in [6, 6.07) is 13.2. The van der Waals surface area contributed by atoms with Gasteiger partial charge in [-0.15, -0.1) is 0 Å². The maximum atomic E-state index is 12.5. The highest BCUT2D eigenvalue weighted by molar-refractivity contribution is 6.10. The molecule has 19 heavy (non-hydrogen) atoms. The van der Waals surface area contributed by atoms with Crippen LogP contribution in [0.15, 0.2) is 42.5 Å². The van der Waals surface area contributed by atoms with Crippen molar-refractivity contribution in [3.63, 3.8) is 0 Å². The molecule has 2 heteroatoms. The molecule has 2 aromatic rings. The molecule has 0 aliphatic rings. The topological polar surface area (TPSA) is 43.1 Å². The quantitative estimate of drug-likeness (QED) is 0.665. The lowest BCUT2D eigenvalue weighted by molar-refractivity contribution is 0.103. The number of rotatable bonds is 3. The molecular weight excluding hydrogens is 234 g/mol. The minimum Gasteiger partial charge on any atom is -0.399 e. The highest BCUT2D eigenvalue weighted by Crippen LogP contribution is 2.21. The summed E-state index contributed by atoms with van der Waals surface area (Å²) in [5.41, 5.74) is 9.96. The van der Waals surface area contributed by atoms with Crippen LogP contribution in [0, 0.1) is 6.92 Å². The molecule has 0 bridgehead atoms. The maximum absolute atomic E-state index is 12.5. The highest BCUT2D eigenvalue weighted by Gasteiger charge is 2.13. The van der Waals surface area contributed by atoms with Crippen molar-refractivity contribution in [1.29, 1.82) is 0 Å². The van der Waals surface area contributed by atoms with E-state index in [0.29, 0.717) is 17.2 Å². The molecule has 0 aliphatic carbocycles. The molecule has 0 unspecified atom stereocenters. The number of aryl methyl sites for hydroxylation is 1. The zero-order valence-electron chi connectivity index (χ0n) is 11.6. The lowest BCUT2D eigenvalue weighted by atomic mass is 9.93. The monoisotopic (exact) mass is 253 g/mol. The van der Waals surface area contributed by atoms with Crippen LogP contribution in [0.3, 0.4) is 0 Å². The molecule has 2 N–H and O–H groups in total. The van der Waals surface area contributed by atoms with Gasteiger partial charge in [0.05, 0.1) is 0 Å². The van der Waals surface area contributed by atoms with Crippen LogP contribution >= 0.6 is 0 Å². The van der Waals surface area contributed by atoms with Crippen molar-refractivity contribution in [3.05, 3.63) is 64.7 Å². The van der Waals surface area contributed by atoms with E-state index in [1.807, 2.05) is 19.1 Å². The summed E-state index contributed by atoms with van der Waals surface area (Å²) in [6.07, 6.45) is 0. The molecule has 0 fully saturated rings. The van der Waals surface area contributed by atoms with Crippen LogP contribution < -0.4 is 5.73 Å². The smallest absolute Gasteiger partial charge is 0.193 e. The summed E-state index contributed by atoms with van der Waals surface area (Å²) in [5.74, 6) is 0.471. The van der Waals surface area contributed by atoms with Crippen LogP contribution in [0.25, 0.3) is 0 Å². The van der Waals surface area contributed by atoms with Gasteiger partial charge in [-0.1, -0.05) is 26.0 Å². The van der Waals surface area contributed by atoms with E-state index in [0.717, 1.165) is 11.1 Å². The van der Waals surface area contributed by atoms with Crippen LogP contribution in [-0.2, 0) is 0 Å². The number of benzene rings is 2. The number of ketones is 1. The zero-order valence-corrected chi connectivity index (χ0v) is 11.6. The molecule has 0 spiro atoms. The highest BCUT2D eigenvalue weighted by atomic mass is 16.1. The van der Waals surface area contributed by atoms with E-state index in [4.69, 9.17) is 5.73 Å². The van der Waals surface area contributed by atoms with Gasteiger partial charge in [-0.2, -0.15) is 0 Å². The Balaban J connectivity index is 2.43. The van der Waals surface area contributed by atoms with E-state index in [1.54, 1.807) is 24.3 Å². The van der Waals surface area contributed by atoms with E-state index in [2.05, 4.69) is 19.9 Å². The number of anilines is 1. The fourth-order valence-electron chi connectivity index (χ4n) is 2.03. The SMILES string of the molecule is Cc1ccc(C(C)C)cc1C(=O)c1ccc(N)cc1. The lowest BCUT2D eigenvalue weighted by Gasteiger charge is -2.10. The van der Waals surface area contributed by atoms with Gasteiger partial charge in [0.25, 0.3) is 0 Å². The first-order valence-corrected chi connectivity index (χ1v) is 6.50. The Hall–Kier alpha value is -2.09. The molecule has 0 atom stereocenters. The van der Waals surface area contributed by atoms with Crippen molar-refractivity contribution in [2.75, 3.05) is 5.73 Å². The van der Waals surface area contributed by atoms with Crippen molar-refractivity contribution >= 4 is 11.5 Å². The van der Waals surface area contributed by atoms with Crippen molar-refractivity contribution in [3.8, 4) is 0 Å². The molecule has 0 aromatic heterocycles. The fraction of sp³-hybridized carbons (Fsp3) is 0.235. The van der Waals surface area contributed by atoms with Crippen LogP contribution in [0.5, 0.6) is 0 Å². The third-order valence-corrected chi connectivity index (χ3v) is 3.35. The Labute approximate surface area is 114 Å². The van der Waals surface area contributed by atoms with Crippen molar-refractivity contribution in [2.24, 2.45) is 0 Å². The molecule has 2 nitrogen and oxygen atoms in total. The summed E-state index contributed by atoms with van der Waals surface area (Å²) in [7, 11) is 0. The average Bonchev–Trinajstić information content (AvgIpc) is 2.39. The third kappa shape index (κ3) is 2.84. The average molecular weight is 253 g/mol. The van der Waals surface area contributed by atoms with Crippen LogP contribution in [0.4, 0.5) is 5.69 Å². The minimum absolute atomic E-state index is 0.0556. The number of hydrogen-bond acceptors (Lipinski definition) is 2. The molecular formula is C17H19NO. The van der Waals surface area contributed by atoms with E-state index in [9.17, 15) is 4.79 Å². The second kappa shape index (κ2) is 5.27. The van der Waals surface area contributed by atoms with E-state index >= 15 is 0 Å². The van der Waals surface area contributed by atoms with E-state index < -0.39 is 0 Å². The Morgan fingerprint density at radius 2 is 1.68 bits per heavy atom. The van der Waals surface area contributed by atoms with Crippen LogP contribution in [0.2, 0.25) is 0 Å². The standard InChI is InChI=1S/C17H19NO/c1-11(2)14-5-4-12(3)16(10-14)17(19)13-6-8-15(18)9-7-13/h4-11H,18H2,1-3H3. The van der Waals surface area contributed by atoms with E-state index in [-0.39, 0.29) is 5.78 Å². The number of nitrogen functional groups attached to an aromatic ring is 1. The van der Waals surface area contributed by atoms with Gasteiger partial charge >= 0.3 is 0 Å². The molecule has 0 radical (unpaired) electrons. The van der Waals surface area contributed by atoms with Gasteiger partial charge in [-0.3, -0.25) is 4.79 Å². The summed E-state index contributed by atoms with van der Waals surface area (Å²) >= 11 is 0. The van der Waals surface area contributed by atoms with Crippen molar-refractivity contribution in [2.45, 2.75) is 26.7 Å². The number of hydrogen-bond donors (Lipinski definition) is 1. The molecule has 0 saturated carbocycles. The predicted molar refractivity (Wildman–Crippen MR) is 79.6 cm³/mol. The number of nitrogens with two attached hydrogens (primary N) is 1. The maximum Gasteiger partial charge on any atom is 0.193 e. The molecule has 98 valence electrons. The molecule has 0 saturated heterocycles. The van der Waals surface area contributed by atoms with Gasteiger partial charge in [0.2, 0.25) is 0 Å². The van der Waals surface area contributed by atoms with E-state index in [1.165, 1.54) is 5.56 Å². The molecule has 0 heterocycles. The van der Waals surface area contributed by atoms with Gasteiger partial charge < -0.3 is 5.73 Å². The van der Waals surface area contributed by atoms with Crippen LogP contribution in [-0.4, -0.2) is 5.78 Å². The molecule has 2 rings (SSSR count). The first-order chi connectivity index (χ1) is 8.99.